The second-order valence-electron chi connectivity index (χ2n) is 3.69. The molecular weight excluding hydrogens is 154 g/mol. The van der Waals surface area contributed by atoms with Gasteiger partial charge in [0.2, 0.25) is 0 Å². The Balaban J connectivity index is 2.64. The highest BCUT2D eigenvalue weighted by atomic mass is 16.4. The van der Waals surface area contributed by atoms with Crippen LogP contribution in [-0.4, -0.2) is 10.6 Å². The standard InChI is InChI=1S/C9H15NO2/c1-9(2,10)5-7-3-4-8(6-11)12-7/h3-4,11H,5-6,10H2,1-2H3. The third-order valence-electron chi connectivity index (χ3n) is 1.50. The number of hydrogen-bond acceptors (Lipinski definition) is 3. The van der Waals surface area contributed by atoms with Gasteiger partial charge in [-0.3, -0.25) is 0 Å². The quantitative estimate of drug-likeness (QED) is 0.711. The van der Waals surface area contributed by atoms with E-state index in [1.807, 2.05) is 19.9 Å². The highest BCUT2D eigenvalue weighted by molar-refractivity contribution is 5.08. The minimum absolute atomic E-state index is 0.0506. The predicted octanol–water partition coefficient (Wildman–Crippen LogP) is 1.05. The molecule has 3 nitrogen and oxygen atoms in total. The van der Waals surface area contributed by atoms with Gasteiger partial charge >= 0.3 is 0 Å². The lowest BCUT2D eigenvalue weighted by atomic mass is 10.0. The number of aliphatic hydroxyl groups is 1. The van der Waals surface area contributed by atoms with Crippen molar-refractivity contribution in [3.8, 4) is 0 Å². The maximum Gasteiger partial charge on any atom is 0.129 e. The Morgan fingerprint density at radius 3 is 2.42 bits per heavy atom. The van der Waals surface area contributed by atoms with Gasteiger partial charge in [-0.05, 0) is 26.0 Å². The molecule has 1 aromatic rings. The molecule has 0 aliphatic carbocycles. The van der Waals surface area contributed by atoms with Crippen molar-refractivity contribution in [3.05, 3.63) is 23.7 Å². The van der Waals surface area contributed by atoms with E-state index in [9.17, 15) is 0 Å². The van der Waals surface area contributed by atoms with E-state index in [1.165, 1.54) is 0 Å². The Kier molecular flexibility index (Phi) is 2.55. The molecule has 0 fully saturated rings. The molecule has 0 radical (unpaired) electrons. The van der Waals surface area contributed by atoms with Crippen molar-refractivity contribution in [3.63, 3.8) is 0 Å². The molecule has 0 bridgehead atoms. The number of aliphatic hydroxyl groups excluding tert-OH is 1. The molecule has 12 heavy (non-hydrogen) atoms. The molecule has 1 aromatic heterocycles. The summed E-state index contributed by atoms with van der Waals surface area (Å²) in [5.41, 5.74) is 5.54. The summed E-state index contributed by atoms with van der Waals surface area (Å²) in [5, 5.41) is 8.72. The molecule has 3 heteroatoms. The maximum atomic E-state index is 8.72. The zero-order valence-corrected chi connectivity index (χ0v) is 7.50. The van der Waals surface area contributed by atoms with Crippen LogP contribution in [-0.2, 0) is 13.0 Å². The summed E-state index contributed by atoms with van der Waals surface area (Å²) in [6, 6.07) is 3.61. The number of furan rings is 1. The summed E-state index contributed by atoms with van der Waals surface area (Å²) in [5.74, 6) is 1.42. The van der Waals surface area contributed by atoms with Gasteiger partial charge in [-0.25, -0.2) is 0 Å². The second kappa shape index (κ2) is 3.29. The molecule has 1 heterocycles. The zero-order valence-electron chi connectivity index (χ0n) is 7.50. The lowest BCUT2D eigenvalue weighted by Crippen LogP contribution is -2.34. The van der Waals surface area contributed by atoms with Crippen molar-refractivity contribution in [1.82, 2.24) is 0 Å². The summed E-state index contributed by atoms with van der Waals surface area (Å²) in [6.07, 6.45) is 0.687. The van der Waals surface area contributed by atoms with Gasteiger partial charge in [-0.15, -0.1) is 0 Å². The lowest BCUT2D eigenvalue weighted by Gasteiger charge is -2.15. The number of rotatable bonds is 3. The molecule has 0 saturated carbocycles. The van der Waals surface area contributed by atoms with Crippen LogP contribution >= 0.6 is 0 Å². The van der Waals surface area contributed by atoms with Gasteiger partial charge in [0.1, 0.15) is 18.1 Å². The predicted molar refractivity (Wildman–Crippen MR) is 46.6 cm³/mol. The fraction of sp³-hybridized carbons (Fsp3) is 0.556. The van der Waals surface area contributed by atoms with Crippen molar-refractivity contribution in [2.45, 2.75) is 32.4 Å². The van der Waals surface area contributed by atoms with E-state index in [1.54, 1.807) is 6.07 Å². The van der Waals surface area contributed by atoms with Crippen LogP contribution in [0.5, 0.6) is 0 Å². The fourth-order valence-electron chi connectivity index (χ4n) is 1.05. The molecule has 0 aliphatic heterocycles. The molecule has 0 unspecified atom stereocenters. The van der Waals surface area contributed by atoms with Crippen LogP contribution in [0.1, 0.15) is 25.4 Å². The molecule has 68 valence electrons. The average Bonchev–Trinajstić information content (AvgIpc) is 2.32. The zero-order chi connectivity index (χ0) is 9.19. The number of nitrogens with two attached hydrogens (primary N) is 1. The largest absolute Gasteiger partial charge is 0.464 e. The first-order valence-electron chi connectivity index (χ1n) is 3.98. The Morgan fingerprint density at radius 1 is 1.42 bits per heavy atom. The topological polar surface area (TPSA) is 59.4 Å². The fourth-order valence-corrected chi connectivity index (χ4v) is 1.05. The van der Waals surface area contributed by atoms with E-state index in [4.69, 9.17) is 15.3 Å². The molecule has 3 N–H and O–H groups in total. The van der Waals surface area contributed by atoms with Gasteiger partial charge in [0.15, 0.2) is 0 Å². The average molecular weight is 169 g/mol. The maximum absolute atomic E-state index is 8.72. The van der Waals surface area contributed by atoms with E-state index in [-0.39, 0.29) is 12.1 Å². The molecular formula is C9H15NO2. The summed E-state index contributed by atoms with van der Waals surface area (Å²) in [6.45, 7) is 3.83. The lowest BCUT2D eigenvalue weighted by molar-refractivity contribution is 0.241. The van der Waals surface area contributed by atoms with Gasteiger partial charge in [0, 0.05) is 12.0 Å². The first-order valence-corrected chi connectivity index (χ1v) is 3.98. The smallest absolute Gasteiger partial charge is 0.129 e. The Bertz CT molecular complexity index is 247. The second-order valence-corrected chi connectivity index (χ2v) is 3.69. The van der Waals surface area contributed by atoms with Crippen LogP contribution in [0.15, 0.2) is 16.5 Å². The highest BCUT2D eigenvalue weighted by Crippen LogP contribution is 2.13. The van der Waals surface area contributed by atoms with Gasteiger partial charge in [-0.2, -0.15) is 0 Å². The Hall–Kier alpha value is -0.800. The minimum Gasteiger partial charge on any atom is -0.464 e. The third kappa shape index (κ3) is 2.68. The molecule has 0 spiro atoms. The van der Waals surface area contributed by atoms with Crippen LogP contribution in [0.4, 0.5) is 0 Å². The first kappa shape index (κ1) is 9.29. The summed E-state index contributed by atoms with van der Waals surface area (Å²) in [7, 11) is 0. The van der Waals surface area contributed by atoms with Crippen LogP contribution < -0.4 is 5.73 Å². The molecule has 1 rings (SSSR count). The summed E-state index contributed by atoms with van der Waals surface area (Å²) < 4.78 is 5.28. The SMILES string of the molecule is CC(C)(N)Cc1ccc(CO)o1. The minimum atomic E-state index is -0.259. The van der Waals surface area contributed by atoms with Crippen molar-refractivity contribution in [2.75, 3.05) is 0 Å². The normalized spacial score (nSPS) is 12.0. The molecule has 0 amide bonds. The van der Waals surface area contributed by atoms with E-state index in [0.717, 1.165) is 5.76 Å². The van der Waals surface area contributed by atoms with Gasteiger partial charge in [-0.1, -0.05) is 0 Å². The van der Waals surface area contributed by atoms with E-state index in [0.29, 0.717) is 12.2 Å². The summed E-state index contributed by atoms with van der Waals surface area (Å²) >= 11 is 0. The molecule has 0 saturated heterocycles. The van der Waals surface area contributed by atoms with Crippen molar-refractivity contribution in [1.29, 1.82) is 0 Å². The monoisotopic (exact) mass is 169 g/mol. The van der Waals surface area contributed by atoms with Crippen LogP contribution in [0.25, 0.3) is 0 Å². The van der Waals surface area contributed by atoms with Crippen molar-refractivity contribution >= 4 is 0 Å². The van der Waals surface area contributed by atoms with Gasteiger partial charge < -0.3 is 15.3 Å². The van der Waals surface area contributed by atoms with E-state index >= 15 is 0 Å². The number of hydrogen-bond donors (Lipinski definition) is 2. The van der Waals surface area contributed by atoms with Gasteiger partial charge in [0.25, 0.3) is 0 Å². The molecule has 0 atom stereocenters. The van der Waals surface area contributed by atoms with E-state index < -0.39 is 0 Å². The third-order valence-corrected chi connectivity index (χ3v) is 1.50. The van der Waals surface area contributed by atoms with E-state index in [2.05, 4.69) is 0 Å². The molecule has 0 aliphatic rings. The Labute approximate surface area is 72.2 Å². The van der Waals surface area contributed by atoms with Crippen LogP contribution in [0.3, 0.4) is 0 Å². The van der Waals surface area contributed by atoms with Crippen LogP contribution in [0, 0.1) is 0 Å². The first-order chi connectivity index (χ1) is 5.51. The Morgan fingerprint density at radius 2 is 2.00 bits per heavy atom. The van der Waals surface area contributed by atoms with Crippen molar-refractivity contribution < 1.29 is 9.52 Å². The molecule has 0 aromatic carbocycles. The van der Waals surface area contributed by atoms with Crippen molar-refractivity contribution in [2.24, 2.45) is 5.73 Å². The highest BCUT2D eigenvalue weighted by Gasteiger charge is 2.14. The van der Waals surface area contributed by atoms with Crippen LogP contribution in [0.2, 0.25) is 0 Å². The van der Waals surface area contributed by atoms with Gasteiger partial charge in [0.05, 0.1) is 0 Å². The summed E-state index contributed by atoms with van der Waals surface area (Å²) in [4.78, 5) is 0.